The lowest BCUT2D eigenvalue weighted by Crippen LogP contribution is -2.50. The SMILES string of the molecule is C[C@@H]1CC[C@@H]2C(=O)N(N(Cc3ccc([N+](=O)[O-])cc3)C(=O)c3ccccc3[N+](=O)[O-])C(=O)[C@H]2C1. The zero-order chi connectivity index (χ0) is 24.6. The maximum absolute atomic E-state index is 13.6. The largest absolute Gasteiger partial charge is 0.282 e. The number of benzene rings is 2. The number of non-ortho nitro benzene ring substituents is 1. The van der Waals surface area contributed by atoms with Gasteiger partial charge in [-0.15, -0.1) is 0 Å². The van der Waals surface area contributed by atoms with Gasteiger partial charge in [-0.1, -0.05) is 31.2 Å². The number of fused-ring (bicyclic) bond motifs is 1. The molecule has 0 bridgehead atoms. The number of nitro groups is 2. The average Bonchev–Trinajstić information content (AvgIpc) is 3.06. The van der Waals surface area contributed by atoms with Crippen LogP contribution in [0.3, 0.4) is 0 Å². The van der Waals surface area contributed by atoms with Crippen LogP contribution in [-0.2, 0) is 16.1 Å². The van der Waals surface area contributed by atoms with E-state index in [1.807, 2.05) is 6.92 Å². The van der Waals surface area contributed by atoms with E-state index in [0.29, 0.717) is 18.4 Å². The molecule has 2 aromatic rings. The normalized spacial score (nSPS) is 21.8. The number of carbonyl (C=O) groups is 3. The molecular weight excluding hydrogens is 444 g/mol. The number of carbonyl (C=O) groups excluding carboxylic acids is 3. The summed E-state index contributed by atoms with van der Waals surface area (Å²) in [7, 11) is 0. The Kier molecular flexibility index (Phi) is 6.10. The summed E-state index contributed by atoms with van der Waals surface area (Å²) in [6.07, 6.45) is 1.84. The van der Waals surface area contributed by atoms with Gasteiger partial charge in [-0.3, -0.25) is 34.6 Å². The fraction of sp³-hybridized carbons (Fsp3) is 0.348. The molecule has 4 rings (SSSR count). The quantitative estimate of drug-likeness (QED) is 0.360. The van der Waals surface area contributed by atoms with Crippen LogP contribution in [0.1, 0.15) is 42.1 Å². The molecule has 34 heavy (non-hydrogen) atoms. The Hall–Kier alpha value is -4.15. The highest BCUT2D eigenvalue weighted by Gasteiger charge is 2.52. The molecule has 2 fully saturated rings. The van der Waals surface area contributed by atoms with Crippen LogP contribution in [0.15, 0.2) is 48.5 Å². The van der Waals surface area contributed by atoms with Gasteiger partial charge in [-0.05, 0) is 36.8 Å². The number of hydrazine groups is 1. The van der Waals surface area contributed by atoms with Crippen LogP contribution in [0.4, 0.5) is 11.4 Å². The second-order valence-electron chi connectivity index (χ2n) is 8.68. The van der Waals surface area contributed by atoms with Gasteiger partial charge in [0.1, 0.15) is 5.56 Å². The first kappa shape index (κ1) is 23.0. The smallest absolute Gasteiger partial charge is 0.272 e. The molecule has 1 saturated carbocycles. The Morgan fingerprint density at radius 3 is 2.26 bits per heavy atom. The van der Waals surface area contributed by atoms with Gasteiger partial charge in [0, 0.05) is 18.2 Å². The van der Waals surface area contributed by atoms with Crippen LogP contribution in [-0.4, -0.2) is 37.6 Å². The third-order valence-electron chi connectivity index (χ3n) is 6.45. The molecule has 0 radical (unpaired) electrons. The van der Waals surface area contributed by atoms with E-state index in [0.717, 1.165) is 16.4 Å². The Morgan fingerprint density at radius 1 is 0.971 bits per heavy atom. The molecule has 0 unspecified atom stereocenters. The van der Waals surface area contributed by atoms with Gasteiger partial charge in [-0.25, -0.2) is 5.01 Å². The molecule has 11 nitrogen and oxygen atoms in total. The van der Waals surface area contributed by atoms with Gasteiger partial charge in [0.15, 0.2) is 0 Å². The highest BCUT2D eigenvalue weighted by atomic mass is 16.6. The third-order valence-corrected chi connectivity index (χ3v) is 6.45. The summed E-state index contributed by atoms with van der Waals surface area (Å²) >= 11 is 0. The van der Waals surface area contributed by atoms with E-state index in [9.17, 15) is 34.6 Å². The molecule has 1 heterocycles. The van der Waals surface area contributed by atoms with Crippen molar-refractivity contribution in [1.82, 2.24) is 10.0 Å². The van der Waals surface area contributed by atoms with Crippen molar-refractivity contribution in [2.24, 2.45) is 17.8 Å². The van der Waals surface area contributed by atoms with Crippen LogP contribution in [0.25, 0.3) is 0 Å². The molecule has 1 saturated heterocycles. The maximum atomic E-state index is 13.6. The lowest BCUT2D eigenvalue weighted by molar-refractivity contribution is -0.385. The first-order valence-corrected chi connectivity index (χ1v) is 10.9. The average molecular weight is 466 g/mol. The van der Waals surface area contributed by atoms with Crippen molar-refractivity contribution in [3.05, 3.63) is 79.9 Å². The molecular formula is C23H22N4O7. The second-order valence-corrected chi connectivity index (χ2v) is 8.68. The Balaban J connectivity index is 1.75. The summed E-state index contributed by atoms with van der Waals surface area (Å²) in [5, 5.41) is 24.3. The van der Waals surface area contributed by atoms with Gasteiger partial charge < -0.3 is 0 Å². The van der Waals surface area contributed by atoms with Crippen molar-refractivity contribution in [2.75, 3.05) is 0 Å². The molecule has 11 heteroatoms. The molecule has 3 atom stereocenters. The minimum Gasteiger partial charge on any atom is -0.272 e. The van der Waals surface area contributed by atoms with Gasteiger partial charge >= 0.3 is 0 Å². The van der Waals surface area contributed by atoms with Crippen LogP contribution < -0.4 is 0 Å². The molecule has 0 spiro atoms. The predicted molar refractivity (Wildman–Crippen MR) is 118 cm³/mol. The number of para-hydroxylation sites is 1. The number of rotatable bonds is 6. The van der Waals surface area contributed by atoms with Crippen molar-refractivity contribution in [1.29, 1.82) is 0 Å². The number of hydrogen-bond donors (Lipinski definition) is 0. The van der Waals surface area contributed by atoms with Crippen molar-refractivity contribution >= 4 is 29.1 Å². The van der Waals surface area contributed by atoms with E-state index in [-0.39, 0.29) is 23.7 Å². The summed E-state index contributed by atoms with van der Waals surface area (Å²) < 4.78 is 0. The topological polar surface area (TPSA) is 144 Å². The summed E-state index contributed by atoms with van der Waals surface area (Å²) in [6.45, 7) is 1.74. The highest BCUT2D eigenvalue weighted by molar-refractivity contribution is 6.08. The summed E-state index contributed by atoms with van der Waals surface area (Å²) in [5.41, 5.74) is -0.459. The van der Waals surface area contributed by atoms with E-state index >= 15 is 0 Å². The zero-order valence-electron chi connectivity index (χ0n) is 18.3. The molecule has 3 amide bonds. The highest BCUT2D eigenvalue weighted by Crippen LogP contribution is 2.41. The third kappa shape index (κ3) is 4.12. The van der Waals surface area contributed by atoms with Gasteiger partial charge in [0.2, 0.25) is 0 Å². The fourth-order valence-electron chi connectivity index (χ4n) is 4.69. The maximum Gasteiger partial charge on any atom is 0.282 e. The lowest BCUT2D eigenvalue weighted by Gasteiger charge is -2.30. The van der Waals surface area contributed by atoms with Crippen LogP contribution >= 0.6 is 0 Å². The first-order valence-electron chi connectivity index (χ1n) is 10.9. The van der Waals surface area contributed by atoms with E-state index in [1.165, 1.54) is 48.5 Å². The van der Waals surface area contributed by atoms with Crippen molar-refractivity contribution in [3.63, 3.8) is 0 Å². The monoisotopic (exact) mass is 466 g/mol. The van der Waals surface area contributed by atoms with E-state index in [1.54, 1.807) is 0 Å². The van der Waals surface area contributed by atoms with Gasteiger partial charge in [-0.2, -0.15) is 5.01 Å². The van der Waals surface area contributed by atoms with Crippen molar-refractivity contribution in [3.8, 4) is 0 Å². The number of nitrogens with zero attached hydrogens (tertiary/aromatic N) is 4. The Morgan fingerprint density at radius 2 is 1.62 bits per heavy atom. The number of hydrogen-bond acceptors (Lipinski definition) is 7. The number of imide groups is 1. The molecule has 1 aliphatic carbocycles. The van der Waals surface area contributed by atoms with Crippen molar-refractivity contribution in [2.45, 2.75) is 32.7 Å². The number of amides is 3. The summed E-state index contributed by atoms with van der Waals surface area (Å²) in [4.78, 5) is 61.4. The van der Waals surface area contributed by atoms with Crippen LogP contribution in [0.2, 0.25) is 0 Å². The molecule has 2 aliphatic rings. The van der Waals surface area contributed by atoms with E-state index in [4.69, 9.17) is 0 Å². The molecule has 0 aromatic heterocycles. The molecule has 176 valence electrons. The minimum atomic E-state index is -0.876. The van der Waals surface area contributed by atoms with E-state index < -0.39 is 45.1 Å². The Labute approximate surface area is 194 Å². The van der Waals surface area contributed by atoms with Gasteiger partial charge in [0.05, 0.1) is 28.2 Å². The zero-order valence-corrected chi connectivity index (χ0v) is 18.3. The standard InChI is InChI=1S/C23H22N4O7/c1-14-6-11-17-19(12-14)23(30)25(22(17)29)24(13-15-7-9-16(10-8-15)26(31)32)21(28)18-4-2-3-5-20(18)27(33)34/h2-5,7-10,14,17,19H,6,11-13H2,1H3/t14-,17+,19+/m1/s1. The minimum absolute atomic E-state index is 0.159. The van der Waals surface area contributed by atoms with Gasteiger partial charge in [0.25, 0.3) is 29.1 Å². The number of nitro benzene ring substituents is 2. The van der Waals surface area contributed by atoms with E-state index in [2.05, 4.69) is 0 Å². The summed E-state index contributed by atoms with van der Waals surface area (Å²) in [6, 6.07) is 10.6. The first-order chi connectivity index (χ1) is 16.2. The molecule has 0 N–H and O–H groups in total. The van der Waals surface area contributed by atoms with Crippen molar-refractivity contribution < 1.29 is 24.2 Å². The predicted octanol–water partition coefficient (Wildman–Crippen LogP) is 3.48. The molecule has 1 aliphatic heterocycles. The van der Waals surface area contributed by atoms with Crippen LogP contribution in [0, 0.1) is 38.0 Å². The fourth-order valence-corrected chi connectivity index (χ4v) is 4.69. The lowest BCUT2D eigenvalue weighted by atomic mass is 9.76. The Bertz CT molecular complexity index is 1180. The van der Waals surface area contributed by atoms with Crippen LogP contribution in [0.5, 0.6) is 0 Å². The second kappa shape index (κ2) is 9.00. The molecule has 2 aromatic carbocycles. The summed E-state index contributed by atoms with van der Waals surface area (Å²) in [5.74, 6) is -2.71.